The van der Waals surface area contributed by atoms with Crippen LogP contribution >= 0.6 is 0 Å². The highest BCUT2D eigenvalue weighted by atomic mass is 16.6. The van der Waals surface area contributed by atoms with Gasteiger partial charge >= 0.3 is 0 Å². The predicted molar refractivity (Wildman–Crippen MR) is 99.5 cm³/mol. The van der Waals surface area contributed by atoms with Gasteiger partial charge < -0.3 is 9.30 Å². The Kier molecular flexibility index (Phi) is 4.55. The number of fused-ring (bicyclic) bond motifs is 1. The summed E-state index contributed by atoms with van der Waals surface area (Å²) in [5, 5.41) is 11.2. The minimum atomic E-state index is -0.506. The molecule has 138 valence electrons. The molecule has 27 heavy (non-hydrogen) atoms. The minimum Gasteiger partial charge on any atom is -0.336 e. The van der Waals surface area contributed by atoms with Crippen LogP contribution in [0.1, 0.15) is 16.1 Å². The van der Waals surface area contributed by atoms with Crippen molar-refractivity contribution < 1.29 is 9.72 Å². The van der Waals surface area contributed by atoms with Gasteiger partial charge in [-0.2, -0.15) is 0 Å². The first-order valence-corrected chi connectivity index (χ1v) is 8.79. The van der Waals surface area contributed by atoms with Gasteiger partial charge in [0, 0.05) is 45.0 Å². The third kappa shape index (κ3) is 3.39. The summed E-state index contributed by atoms with van der Waals surface area (Å²) in [7, 11) is 0. The highest BCUT2D eigenvalue weighted by Crippen LogP contribution is 2.20. The third-order valence-electron chi connectivity index (χ3n) is 4.87. The highest BCUT2D eigenvalue weighted by Gasteiger charge is 2.27. The number of nitrogens with zero attached hydrogens (tertiary/aromatic N) is 5. The predicted octanol–water partition coefficient (Wildman–Crippen LogP) is 2.20. The van der Waals surface area contributed by atoms with E-state index < -0.39 is 4.92 Å². The number of pyridine rings is 1. The minimum absolute atomic E-state index is 0.143. The first-order valence-electron chi connectivity index (χ1n) is 8.79. The topological polar surface area (TPSA) is 84.0 Å². The molecule has 2 aromatic heterocycles. The van der Waals surface area contributed by atoms with Gasteiger partial charge in [0.1, 0.15) is 11.2 Å². The lowest BCUT2D eigenvalue weighted by Gasteiger charge is -2.34. The second kappa shape index (κ2) is 7.16. The number of imidazole rings is 1. The number of carbonyl (C=O) groups is 1. The van der Waals surface area contributed by atoms with Crippen LogP contribution in [0.3, 0.4) is 0 Å². The van der Waals surface area contributed by atoms with E-state index in [4.69, 9.17) is 0 Å². The molecule has 0 spiro atoms. The van der Waals surface area contributed by atoms with Crippen molar-refractivity contribution in [1.82, 2.24) is 19.2 Å². The summed E-state index contributed by atoms with van der Waals surface area (Å²) < 4.78 is 2.06. The van der Waals surface area contributed by atoms with E-state index in [0.29, 0.717) is 26.2 Å². The normalized spacial score (nSPS) is 15.2. The molecule has 0 radical (unpaired) electrons. The van der Waals surface area contributed by atoms with Gasteiger partial charge in [0.25, 0.3) is 11.6 Å². The summed E-state index contributed by atoms with van der Waals surface area (Å²) >= 11 is 0. The number of rotatable bonds is 4. The summed E-state index contributed by atoms with van der Waals surface area (Å²) in [6.07, 6.45) is 3.87. The number of amides is 1. The SMILES string of the molecule is O=C(c1ccccc1[N+](=O)[O-])N1CCN(Cc2cnc3ccccn23)CC1. The van der Waals surface area contributed by atoms with Crippen LogP contribution < -0.4 is 0 Å². The van der Waals surface area contributed by atoms with Crippen LogP contribution in [0.25, 0.3) is 5.65 Å². The van der Waals surface area contributed by atoms with E-state index in [1.165, 1.54) is 12.1 Å². The molecular formula is C19H19N5O3. The van der Waals surface area contributed by atoms with Crippen LogP contribution in [0.15, 0.2) is 54.9 Å². The molecule has 1 aliphatic rings. The van der Waals surface area contributed by atoms with E-state index >= 15 is 0 Å². The zero-order valence-electron chi connectivity index (χ0n) is 14.7. The molecule has 1 aliphatic heterocycles. The largest absolute Gasteiger partial charge is 0.336 e. The second-order valence-corrected chi connectivity index (χ2v) is 6.52. The van der Waals surface area contributed by atoms with Gasteiger partial charge in [0.15, 0.2) is 0 Å². The number of hydrogen-bond acceptors (Lipinski definition) is 5. The first-order chi connectivity index (χ1) is 13.1. The zero-order valence-corrected chi connectivity index (χ0v) is 14.7. The monoisotopic (exact) mass is 365 g/mol. The molecule has 8 nitrogen and oxygen atoms in total. The molecule has 0 unspecified atom stereocenters. The Morgan fingerprint density at radius 2 is 1.81 bits per heavy atom. The van der Waals surface area contributed by atoms with E-state index in [9.17, 15) is 14.9 Å². The number of hydrogen-bond donors (Lipinski definition) is 0. The van der Waals surface area contributed by atoms with Crippen LogP contribution in [0.2, 0.25) is 0 Å². The number of nitro groups is 1. The Bertz CT molecular complexity index is 992. The second-order valence-electron chi connectivity index (χ2n) is 6.52. The van der Waals surface area contributed by atoms with E-state index in [1.54, 1.807) is 17.0 Å². The maximum absolute atomic E-state index is 12.7. The fourth-order valence-corrected chi connectivity index (χ4v) is 3.42. The van der Waals surface area contributed by atoms with Crippen molar-refractivity contribution >= 4 is 17.2 Å². The summed E-state index contributed by atoms with van der Waals surface area (Å²) in [6, 6.07) is 12.0. The number of piperazine rings is 1. The Balaban J connectivity index is 1.42. The molecule has 4 rings (SSSR count). The van der Waals surface area contributed by atoms with Gasteiger partial charge in [0.2, 0.25) is 0 Å². The molecule has 1 fully saturated rings. The first kappa shape index (κ1) is 17.2. The Morgan fingerprint density at radius 1 is 1.07 bits per heavy atom. The molecule has 0 N–H and O–H groups in total. The number of aromatic nitrogens is 2. The van der Waals surface area contributed by atoms with Crippen molar-refractivity contribution in [3.63, 3.8) is 0 Å². The lowest BCUT2D eigenvalue weighted by atomic mass is 10.1. The maximum atomic E-state index is 12.7. The molecule has 0 atom stereocenters. The van der Waals surface area contributed by atoms with E-state index in [1.807, 2.05) is 30.6 Å². The van der Waals surface area contributed by atoms with E-state index in [2.05, 4.69) is 14.3 Å². The van der Waals surface area contributed by atoms with Gasteiger partial charge in [-0.25, -0.2) is 4.98 Å². The molecule has 0 bridgehead atoms. The van der Waals surface area contributed by atoms with Gasteiger partial charge in [0.05, 0.1) is 16.8 Å². The Labute approximate surface area is 155 Å². The molecule has 1 saturated heterocycles. The summed E-state index contributed by atoms with van der Waals surface area (Å²) in [4.78, 5) is 31.7. The van der Waals surface area contributed by atoms with Gasteiger partial charge in [-0.05, 0) is 18.2 Å². The van der Waals surface area contributed by atoms with Crippen molar-refractivity contribution in [3.8, 4) is 0 Å². The fraction of sp³-hybridized carbons (Fsp3) is 0.263. The van der Waals surface area contributed by atoms with Gasteiger partial charge in [-0.15, -0.1) is 0 Å². The molecule has 1 aromatic carbocycles. The lowest BCUT2D eigenvalue weighted by molar-refractivity contribution is -0.385. The van der Waals surface area contributed by atoms with Crippen molar-refractivity contribution in [3.05, 3.63) is 76.2 Å². The molecule has 3 aromatic rings. The molecule has 1 amide bonds. The van der Waals surface area contributed by atoms with E-state index in [0.717, 1.165) is 17.9 Å². The Hall–Kier alpha value is -3.26. The van der Waals surface area contributed by atoms with Crippen LogP contribution in [0.5, 0.6) is 0 Å². The summed E-state index contributed by atoms with van der Waals surface area (Å²) in [6.45, 7) is 3.26. The zero-order chi connectivity index (χ0) is 18.8. The summed E-state index contributed by atoms with van der Waals surface area (Å²) in [5.41, 5.74) is 2.02. The summed E-state index contributed by atoms with van der Waals surface area (Å²) in [5.74, 6) is -0.281. The van der Waals surface area contributed by atoms with Crippen molar-refractivity contribution in [2.75, 3.05) is 26.2 Å². The molecule has 0 saturated carbocycles. The van der Waals surface area contributed by atoms with Gasteiger partial charge in [-0.1, -0.05) is 18.2 Å². The quantitative estimate of drug-likeness (QED) is 0.523. The molecule has 8 heteroatoms. The van der Waals surface area contributed by atoms with Crippen molar-refractivity contribution in [1.29, 1.82) is 0 Å². The number of nitro benzene ring substituents is 1. The third-order valence-corrected chi connectivity index (χ3v) is 4.87. The molecular weight excluding hydrogens is 346 g/mol. The van der Waals surface area contributed by atoms with Crippen molar-refractivity contribution in [2.45, 2.75) is 6.54 Å². The fourth-order valence-electron chi connectivity index (χ4n) is 3.42. The Morgan fingerprint density at radius 3 is 2.59 bits per heavy atom. The lowest BCUT2D eigenvalue weighted by Crippen LogP contribution is -2.48. The van der Waals surface area contributed by atoms with E-state index in [-0.39, 0.29) is 17.2 Å². The smallest absolute Gasteiger partial charge is 0.282 e. The maximum Gasteiger partial charge on any atom is 0.282 e. The molecule has 0 aliphatic carbocycles. The number of carbonyl (C=O) groups excluding carboxylic acids is 1. The van der Waals surface area contributed by atoms with Crippen LogP contribution in [-0.2, 0) is 6.54 Å². The van der Waals surface area contributed by atoms with Crippen LogP contribution in [0.4, 0.5) is 5.69 Å². The average molecular weight is 365 g/mol. The average Bonchev–Trinajstić information content (AvgIpc) is 3.11. The number of benzene rings is 1. The van der Waals surface area contributed by atoms with Crippen LogP contribution in [0, 0.1) is 10.1 Å². The number of para-hydroxylation sites is 1. The highest BCUT2D eigenvalue weighted by molar-refractivity contribution is 5.98. The molecule has 3 heterocycles. The standard InChI is InChI=1S/C19H19N5O3/c25-19(16-5-1-2-6-17(16)24(26)27)22-11-9-21(10-12-22)14-15-13-20-18-7-3-4-8-23(15)18/h1-8,13H,9-12,14H2. The van der Waals surface area contributed by atoms with Gasteiger partial charge in [-0.3, -0.25) is 19.8 Å². The van der Waals surface area contributed by atoms with Crippen LogP contribution in [-0.4, -0.2) is 56.2 Å². The van der Waals surface area contributed by atoms with Crippen molar-refractivity contribution in [2.24, 2.45) is 0 Å².